The molecule has 0 aromatic rings. The number of hydrogen-bond acceptors (Lipinski definition) is 2. The molecule has 2 nitrogen and oxygen atoms in total. The zero-order valence-corrected chi connectivity index (χ0v) is 10.3. The normalized spacial score (nSPS) is 21.4. The lowest BCUT2D eigenvalue weighted by atomic mass is 9.97. The molecule has 0 aromatic heterocycles. The van der Waals surface area contributed by atoms with Crippen LogP contribution in [0.2, 0.25) is 0 Å². The summed E-state index contributed by atoms with van der Waals surface area (Å²) in [6, 6.07) is 0.708. The molecule has 0 radical (unpaired) electrons. The fourth-order valence-corrected chi connectivity index (χ4v) is 1.97. The first-order chi connectivity index (χ1) is 6.49. The lowest BCUT2D eigenvalue weighted by molar-refractivity contribution is 0.243. The Morgan fingerprint density at radius 3 is 2.29 bits per heavy atom. The second kappa shape index (κ2) is 5.13. The predicted octanol–water partition coefficient (Wildman–Crippen LogP) is 2.11. The van der Waals surface area contributed by atoms with Gasteiger partial charge >= 0.3 is 0 Å². The van der Waals surface area contributed by atoms with Crippen molar-refractivity contribution in [2.75, 3.05) is 26.2 Å². The van der Waals surface area contributed by atoms with E-state index < -0.39 is 0 Å². The van der Waals surface area contributed by atoms with Crippen LogP contribution in [0.25, 0.3) is 0 Å². The van der Waals surface area contributed by atoms with Crippen LogP contribution in [-0.2, 0) is 0 Å². The van der Waals surface area contributed by atoms with Gasteiger partial charge in [-0.3, -0.25) is 4.90 Å². The number of nitrogens with one attached hydrogen (secondary N) is 1. The van der Waals surface area contributed by atoms with E-state index in [2.05, 4.69) is 37.9 Å². The summed E-state index contributed by atoms with van der Waals surface area (Å²) >= 11 is 0. The SMILES string of the molecule is CC(CNCC(C)(C)C)N1CCCC1. The molecule has 1 rings (SSSR count). The monoisotopic (exact) mass is 198 g/mol. The molecule has 1 unspecified atom stereocenters. The Labute approximate surface area is 89.1 Å². The van der Waals surface area contributed by atoms with Crippen molar-refractivity contribution in [2.24, 2.45) is 5.41 Å². The summed E-state index contributed by atoms with van der Waals surface area (Å²) < 4.78 is 0. The molecule has 14 heavy (non-hydrogen) atoms. The molecule has 1 atom stereocenters. The van der Waals surface area contributed by atoms with Gasteiger partial charge in [-0.1, -0.05) is 20.8 Å². The maximum atomic E-state index is 3.56. The van der Waals surface area contributed by atoms with E-state index in [0.29, 0.717) is 11.5 Å². The summed E-state index contributed by atoms with van der Waals surface area (Å²) in [4.78, 5) is 2.59. The molecule has 1 fully saturated rings. The van der Waals surface area contributed by atoms with Crippen molar-refractivity contribution in [1.29, 1.82) is 0 Å². The number of hydrogen-bond donors (Lipinski definition) is 1. The van der Waals surface area contributed by atoms with Crippen LogP contribution < -0.4 is 5.32 Å². The standard InChI is InChI=1S/C12H26N2/c1-11(14-7-5-6-8-14)9-13-10-12(2,3)4/h11,13H,5-10H2,1-4H3. The molecule has 1 aliphatic rings. The molecule has 0 spiro atoms. The third-order valence-corrected chi connectivity index (χ3v) is 2.86. The Morgan fingerprint density at radius 1 is 1.21 bits per heavy atom. The molecular formula is C12H26N2. The summed E-state index contributed by atoms with van der Waals surface area (Å²) in [6.45, 7) is 14.0. The van der Waals surface area contributed by atoms with Crippen molar-refractivity contribution < 1.29 is 0 Å². The largest absolute Gasteiger partial charge is 0.315 e. The highest BCUT2D eigenvalue weighted by Gasteiger charge is 2.18. The lowest BCUT2D eigenvalue weighted by Gasteiger charge is -2.26. The minimum atomic E-state index is 0.407. The maximum absolute atomic E-state index is 3.56. The second-order valence-corrected chi connectivity index (χ2v) is 5.78. The smallest absolute Gasteiger partial charge is 0.0192 e. The Morgan fingerprint density at radius 2 is 1.79 bits per heavy atom. The van der Waals surface area contributed by atoms with Gasteiger partial charge < -0.3 is 5.32 Å². The van der Waals surface area contributed by atoms with Gasteiger partial charge in [-0.2, -0.15) is 0 Å². The third-order valence-electron chi connectivity index (χ3n) is 2.86. The van der Waals surface area contributed by atoms with E-state index in [1.54, 1.807) is 0 Å². The molecule has 0 aromatic carbocycles. The first-order valence-corrected chi connectivity index (χ1v) is 5.94. The fraction of sp³-hybridized carbons (Fsp3) is 1.00. The Kier molecular flexibility index (Phi) is 4.39. The van der Waals surface area contributed by atoms with Crippen molar-refractivity contribution in [1.82, 2.24) is 10.2 Å². The van der Waals surface area contributed by atoms with Crippen molar-refractivity contribution in [3.05, 3.63) is 0 Å². The van der Waals surface area contributed by atoms with Crippen LogP contribution in [-0.4, -0.2) is 37.1 Å². The number of likely N-dealkylation sites (tertiary alicyclic amines) is 1. The summed E-state index contributed by atoms with van der Waals surface area (Å²) in [5.74, 6) is 0. The quantitative estimate of drug-likeness (QED) is 0.744. The van der Waals surface area contributed by atoms with E-state index in [0.717, 1.165) is 13.1 Å². The van der Waals surface area contributed by atoms with Gasteiger partial charge in [-0.25, -0.2) is 0 Å². The lowest BCUT2D eigenvalue weighted by Crippen LogP contribution is -2.40. The second-order valence-electron chi connectivity index (χ2n) is 5.78. The molecule has 84 valence electrons. The Bertz CT molecular complexity index is 154. The molecule has 0 saturated carbocycles. The molecule has 0 aliphatic carbocycles. The third kappa shape index (κ3) is 4.43. The molecule has 2 heteroatoms. The van der Waals surface area contributed by atoms with E-state index in [-0.39, 0.29) is 0 Å². The van der Waals surface area contributed by atoms with Gasteiger partial charge in [-0.05, 0) is 38.3 Å². The molecule has 1 heterocycles. The summed E-state index contributed by atoms with van der Waals surface area (Å²) in [5, 5.41) is 3.56. The minimum Gasteiger partial charge on any atom is -0.315 e. The molecule has 1 N–H and O–H groups in total. The van der Waals surface area contributed by atoms with Gasteiger partial charge in [0.2, 0.25) is 0 Å². The zero-order valence-electron chi connectivity index (χ0n) is 10.3. The first kappa shape index (κ1) is 12.0. The van der Waals surface area contributed by atoms with E-state index >= 15 is 0 Å². The van der Waals surface area contributed by atoms with Crippen LogP contribution in [0.15, 0.2) is 0 Å². The van der Waals surface area contributed by atoms with E-state index in [1.165, 1.54) is 25.9 Å². The van der Waals surface area contributed by atoms with Crippen molar-refractivity contribution >= 4 is 0 Å². The first-order valence-electron chi connectivity index (χ1n) is 5.94. The van der Waals surface area contributed by atoms with Crippen molar-refractivity contribution in [2.45, 2.75) is 46.6 Å². The van der Waals surface area contributed by atoms with Crippen LogP contribution in [0.3, 0.4) is 0 Å². The van der Waals surface area contributed by atoms with Crippen LogP contribution in [0.1, 0.15) is 40.5 Å². The molecule has 1 saturated heterocycles. The van der Waals surface area contributed by atoms with Gasteiger partial charge in [0.25, 0.3) is 0 Å². The van der Waals surface area contributed by atoms with Crippen molar-refractivity contribution in [3.63, 3.8) is 0 Å². The highest BCUT2D eigenvalue weighted by molar-refractivity contribution is 4.75. The Hall–Kier alpha value is -0.0800. The summed E-state index contributed by atoms with van der Waals surface area (Å²) in [7, 11) is 0. The predicted molar refractivity (Wildman–Crippen MR) is 62.6 cm³/mol. The van der Waals surface area contributed by atoms with Gasteiger partial charge in [0, 0.05) is 19.1 Å². The molecule has 1 aliphatic heterocycles. The van der Waals surface area contributed by atoms with Gasteiger partial charge in [-0.15, -0.1) is 0 Å². The number of rotatable bonds is 4. The van der Waals surface area contributed by atoms with Crippen LogP contribution in [0.4, 0.5) is 0 Å². The van der Waals surface area contributed by atoms with Gasteiger partial charge in [0.05, 0.1) is 0 Å². The van der Waals surface area contributed by atoms with Gasteiger partial charge in [0.1, 0.15) is 0 Å². The maximum Gasteiger partial charge on any atom is 0.0192 e. The average molecular weight is 198 g/mol. The van der Waals surface area contributed by atoms with Gasteiger partial charge in [0.15, 0.2) is 0 Å². The summed E-state index contributed by atoms with van der Waals surface area (Å²) in [5.41, 5.74) is 0.407. The topological polar surface area (TPSA) is 15.3 Å². The minimum absolute atomic E-state index is 0.407. The Balaban J connectivity index is 2.11. The zero-order chi connectivity index (χ0) is 10.6. The van der Waals surface area contributed by atoms with E-state index in [1.807, 2.05) is 0 Å². The van der Waals surface area contributed by atoms with E-state index in [4.69, 9.17) is 0 Å². The molecule has 0 bridgehead atoms. The van der Waals surface area contributed by atoms with Crippen LogP contribution in [0, 0.1) is 5.41 Å². The number of nitrogens with zero attached hydrogens (tertiary/aromatic N) is 1. The fourth-order valence-electron chi connectivity index (χ4n) is 1.97. The molecule has 0 amide bonds. The highest BCUT2D eigenvalue weighted by Crippen LogP contribution is 2.12. The van der Waals surface area contributed by atoms with E-state index in [9.17, 15) is 0 Å². The highest BCUT2D eigenvalue weighted by atomic mass is 15.2. The summed E-state index contributed by atoms with van der Waals surface area (Å²) in [6.07, 6.45) is 2.78. The van der Waals surface area contributed by atoms with Crippen LogP contribution >= 0.6 is 0 Å². The van der Waals surface area contributed by atoms with Crippen molar-refractivity contribution in [3.8, 4) is 0 Å². The molecular weight excluding hydrogens is 172 g/mol. The average Bonchev–Trinajstić information content (AvgIpc) is 2.53. The van der Waals surface area contributed by atoms with Crippen LogP contribution in [0.5, 0.6) is 0 Å².